The van der Waals surface area contributed by atoms with E-state index in [4.69, 9.17) is 4.74 Å². The Morgan fingerprint density at radius 2 is 1.96 bits per heavy atom. The summed E-state index contributed by atoms with van der Waals surface area (Å²) in [6, 6.07) is 13.7. The molecule has 1 heterocycles. The Morgan fingerprint density at radius 1 is 1.20 bits per heavy atom. The van der Waals surface area contributed by atoms with Crippen LogP contribution in [0.2, 0.25) is 0 Å². The molecule has 1 aromatic heterocycles. The number of nitrogens with one attached hydrogen (secondary N) is 1. The molecule has 0 aliphatic rings. The summed E-state index contributed by atoms with van der Waals surface area (Å²) in [6.45, 7) is 0. The highest BCUT2D eigenvalue weighted by atomic mass is 16.5. The number of ether oxygens (including phenoxy) is 1. The van der Waals surface area contributed by atoms with Crippen LogP contribution < -0.4 is 15.2 Å². The fraction of sp³-hybridized carbons (Fsp3) is 0.0588. The van der Waals surface area contributed by atoms with Gasteiger partial charge >= 0.3 is 0 Å². The van der Waals surface area contributed by atoms with Crippen LogP contribution in [0, 0.1) is 0 Å². The number of carboxylic acids is 1. The molecule has 0 amide bonds. The van der Waals surface area contributed by atoms with Crippen LogP contribution in [0.4, 0.5) is 5.69 Å². The predicted molar refractivity (Wildman–Crippen MR) is 89.1 cm³/mol. The minimum Gasteiger partial charge on any atom is -0.545 e. The molecule has 8 heteroatoms. The van der Waals surface area contributed by atoms with Gasteiger partial charge in [0.25, 0.3) is 0 Å². The monoisotopic (exact) mass is 336 g/mol. The Morgan fingerprint density at radius 3 is 2.68 bits per heavy atom. The van der Waals surface area contributed by atoms with Gasteiger partial charge in [-0.15, -0.1) is 5.10 Å². The number of aromatic nitrogens is 4. The van der Waals surface area contributed by atoms with Gasteiger partial charge in [-0.1, -0.05) is 18.2 Å². The Labute approximate surface area is 143 Å². The number of carbonyl (C=O) groups excluding carboxylic acids is 1. The van der Waals surface area contributed by atoms with E-state index in [-0.39, 0.29) is 5.56 Å². The van der Waals surface area contributed by atoms with Gasteiger partial charge in [-0.25, -0.2) is 0 Å². The highest BCUT2D eigenvalue weighted by molar-refractivity contribution is 5.92. The van der Waals surface area contributed by atoms with E-state index >= 15 is 0 Å². The quantitative estimate of drug-likeness (QED) is 0.719. The zero-order valence-electron chi connectivity index (χ0n) is 13.3. The standard InChI is InChI=1S/C17H15N5O3/c1-25-13-8-6-12(7-9-13)22-16(19-20-21-22)10-11-18-15-5-3-2-4-14(15)17(23)24/h2-11,18H,1H3,(H,23,24)/p-1/b11-10+. The molecule has 0 bridgehead atoms. The molecule has 3 rings (SSSR count). The molecule has 3 aromatic rings. The zero-order valence-corrected chi connectivity index (χ0v) is 13.3. The first-order valence-corrected chi connectivity index (χ1v) is 7.35. The van der Waals surface area contributed by atoms with Gasteiger partial charge in [-0.05, 0) is 40.8 Å². The third kappa shape index (κ3) is 3.63. The van der Waals surface area contributed by atoms with Gasteiger partial charge in [-0.2, -0.15) is 4.68 Å². The molecule has 0 fully saturated rings. The van der Waals surface area contributed by atoms with Crippen molar-refractivity contribution in [2.75, 3.05) is 12.4 Å². The molecular formula is C17H14N5O3-. The molecule has 0 aliphatic heterocycles. The van der Waals surface area contributed by atoms with Gasteiger partial charge in [0.2, 0.25) is 0 Å². The summed E-state index contributed by atoms with van der Waals surface area (Å²) in [5, 5.41) is 25.5. The molecule has 1 N–H and O–H groups in total. The Hall–Kier alpha value is -3.68. The second kappa shape index (κ2) is 7.26. The second-order valence-electron chi connectivity index (χ2n) is 4.96. The lowest BCUT2D eigenvalue weighted by Crippen LogP contribution is -2.23. The van der Waals surface area contributed by atoms with Crippen LogP contribution in [0.15, 0.2) is 54.7 Å². The van der Waals surface area contributed by atoms with Crippen LogP contribution >= 0.6 is 0 Å². The van der Waals surface area contributed by atoms with E-state index in [2.05, 4.69) is 20.8 Å². The summed E-state index contributed by atoms with van der Waals surface area (Å²) in [6.07, 6.45) is 3.20. The van der Waals surface area contributed by atoms with Gasteiger partial charge in [0.05, 0.1) is 18.8 Å². The topological polar surface area (TPSA) is 105 Å². The average Bonchev–Trinajstić information content (AvgIpc) is 3.10. The molecule has 0 atom stereocenters. The van der Waals surface area contributed by atoms with Crippen molar-refractivity contribution in [3.8, 4) is 11.4 Å². The molecule has 126 valence electrons. The lowest BCUT2D eigenvalue weighted by Gasteiger charge is -2.09. The minimum absolute atomic E-state index is 0.0712. The molecule has 0 saturated heterocycles. The molecule has 0 saturated carbocycles. The smallest absolute Gasteiger partial charge is 0.181 e. The Kier molecular flexibility index (Phi) is 4.70. The summed E-state index contributed by atoms with van der Waals surface area (Å²) < 4.78 is 6.67. The van der Waals surface area contributed by atoms with Crippen molar-refractivity contribution < 1.29 is 14.6 Å². The van der Waals surface area contributed by atoms with Crippen LogP contribution in [0.3, 0.4) is 0 Å². The molecule has 25 heavy (non-hydrogen) atoms. The van der Waals surface area contributed by atoms with Crippen LogP contribution in [0.5, 0.6) is 5.75 Å². The molecule has 0 unspecified atom stereocenters. The number of carbonyl (C=O) groups is 1. The van der Waals surface area contributed by atoms with Gasteiger partial charge in [-0.3, -0.25) is 0 Å². The Bertz CT molecular complexity index is 903. The first kappa shape index (κ1) is 16.2. The SMILES string of the molecule is COc1ccc(-n2nnnc2/C=C/Nc2ccccc2C(=O)[O-])cc1. The number of para-hydroxylation sites is 1. The van der Waals surface area contributed by atoms with Crippen molar-refractivity contribution >= 4 is 17.7 Å². The maximum Gasteiger partial charge on any atom is 0.181 e. The molecular weight excluding hydrogens is 322 g/mol. The number of methoxy groups -OCH3 is 1. The van der Waals surface area contributed by atoms with Crippen molar-refractivity contribution in [3.05, 3.63) is 66.1 Å². The van der Waals surface area contributed by atoms with Gasteiger partial charge in [0.1, 0.15) is 5.75 Å². The van der Waals surface area contributed by atoms with Crippen LogP contribution in [0.1, 0.15) is 16.2 Å². The number of aromatic carboxylic acids is 1. The number of hydrogen-bond donors (Lipinski definition) is 1. The lowest BCUT2D eigenvalue weighted by atomic mass is 10.2. The van der Waals surface area contributed by atoms with Gasteiger partial charge in [0, 0.05) is 23.5 Å². The first-order valence-electron chi connectivity index (χ1n) is 7.35. The molecule has 2 aromatic carbocycles. The number of hydrogen-bond acceptors (Lipinski definition) is 7. The normalized spacial score (nSPS) is 10.8. The highest BCUT2D eigenvalue weighted by Gasteiger charge is 2.06. The van der Waals surface area contributed by atoms with E-state index in [0.717, 1.165) is 11.4 Å². The van der Waals surface area contributed by atoms with E-state index < -0.39 is 5.97 Å². The highest BCUT2D eigenvalue weighted by Crippen LogP contribution is 2.16. The first-order chi connectivity index (χ1) is 12.2. The summed E-state index contributed by atoms with van der Waals surface area (Å²) in [4.78, 5) is 11.1. The van der Waals surface area contributed by atoms with Crippen molar-refractivity contribution in [1.29, 1.82) is 0 Å². The maximum absolute atomic E-state index is 11.1. The molecule has 8 nitrogen and oxygen atoms in total. The number of benzene rings is 2. The third-order valence-electron chi connectivity index (χ3n) is 3.43. The fourth-order valence-electron chi connectivity index (χ4n) is 2.20. The summed E-state index contributed by atoms with van der Waals surface area (Å²) >= 11 is 0. The van der Waals surface area contributed by atoms with Crippen molar-refractivity contribution in [3.63, 3.8) is 0 Å². The molecule has 0 radical (unpaired) electrons. The van der Waals surface area contributed by atoms with Crippen LogP contribution in [-0.2, 0) is 0 Å². The number of carboxylic acid groups (broad SMARTS) is 1. The largest absolute Gasteiger partial charge is 0.545 e. The fourth-order valence-corrected chi connectivity index (χ4v) is 2.20. The number of rotatable bonds is 6. The van der Waals surface area contributed by atoms with E-state index in [1.165, 1.54) is 6.07 Å². The van der Waals surface area contributed by atoms with Gasteiger partial charge < -0.3 is 20.0 Å². The van der Waals surface area contributed by atoms with Crippen LogP contribution in [-0.4, -0.2) is 33.3 Å². The number of anilines is 1. The number of nitrogens with zero attached hydrogens (tertiary/aromatic N) is 4. The van der Waals surface area contributed by atoms with E-state index in [9.17, 15) is 9.90 Å². The average molecular weight is 336 g/mol. The van der Waals surface area contributed by atoms with Crippen molar-refractivity contribution in [1.82, 2.24) is 20.2 Å². The predicted octanol–water partition coefficient (Wildman–Crippen LogP) is 1.12. The van der Waals surface area contributed by atoms with E-state index in [1.807, 2.05) is 12.1 Å². The second-order valence-corrected chi connectivity index (χ2v) is 4.96. The third-order valence-corrected chi connectivity index (χ3v) is 3.43. The minimum atomic E-state index is -1.25. The van der Waals surface area contributed by atoms with Crippen molar-refractivity contribution in [2.24, 2.45) is 0 Å². The number of tetrazole rings is 1. The van der Waals surface area contributed by atoms with Gasteiger partial charge in [0.15, 0.2) is 5.82 Å². The van der Waals surface area contributed by atoms with E-state index in [0.29, 0.717) is 11.5 Å². The van der Waals surface area contributed by atoms with Crippen LogP contribution in [0.25, 0.3) is 11.8 Å². The molecule has 0 aliphatic carbocycles. The summed E-state index contributed by atoms with van der Waals surface area (Å²) in [5.41, 5.74) is 1.25. The summed E-state index contributed by atoms with van der Waals surface area (Å²) in [5.74, 6) is -0.0439. The summed E-state index contributed by atoms with van der Waals surface area (Å²) in [7, 11) is 1.59. The van der Waals surface area contributed by atoms with Crippen molar-refractivity contribution in [2.45, 2.75) is 0 Å². The van der Waals surface area contributed by atoms with E-state index in [1.54, 1.807) is 54.4 Å². The zero-order chi connectivity index (χ0) is 17.6. The lowest BCUT2D eigenvalue weighted by molar-refractivity contribution is -0.254. The maximum atomic E-state index is 11.1. The Balaban J connectivity index is 1.79. The molecule has 0 spiro atoms.